The van der Waals surface area contributed by atoms with E-state index in [-0.39, 0.29) is 11.4 Å². The third-order valence-corrected chi connectivity index (χ3v) is 5.50. The van der Waals surface area contributed by atoms with E-state index >= 15 is 0 Å². The summed E-state index contributed by atoms with van der Waals surface area (Å²) in [4.78, 5) is 14.1. The molecule has 2 rings (SSSR count). The van der Waals surface area contributed by atoms with Gasteiger partial charge >= 0.3 is 5.97 Å². The highest BCUT2D eigenvalue weighted by atomic mass is 16.5. The molecule has 0 amide bonds. The lowest BCUT2D eigenvalue weighted by Gasteiger charge is -2.40. The second-order valence-corrected chi connectivity index (χ2v) is 7.71. The molecule has 0 bridgehead atoms. The summed E-state index contributed by atoms with van der Waals surface area (Å²) in [6.45, 7) is 12.0. The first-order valence-corrected chi connectivity index (χ1v) is 8.67. The number of piperidine rings is 1. The van der Waals surface area contributed by atoms with Crippen LogP contribution in [0.2, 0.25) is 0 Å². The molecule has 1 saturated heterocycles. The number of carbonyl (C=O) groups is 1. The number of benzene rings is 1. The predicted molar refractivity (Wildman–Crippen MR) is 94.3 cm³/mol. The molecule has 23 heavy (non-hydrogen) atoms. The van der Waals surface area contributed by atoms with Gasteiger partial charge in [-0.15, -0.1) is 0 Å². The number of methoxy groups -OCH3 is 1. The zero-order valence-electron chi connectivity index (χ0n) is 15.3. The van der Waals surface area contributed by atoms with Gasteiger partial charge in [0.2, 0.25) is 0 Å². The second kappa shape index (κ2) is 7.48. The molecule has 128 valence electrons. The van der Waals surface area contributed by atoms with E-state index < -0.39 is 0 Å². The fourth-order valence-electron chi connectivity index (χ4n) is 3.62. The summed E-state index contributed by atoms with van der Waals surface area (Å²) < 4.78 is 4.85. The van der Waals surface area contributed by atoms with Crippen LogP contribution >= 0.6 is 0 Å². The van der Waals surface area contributed by atoms with Crippen molar-refractivity contribution in [2.75, 3.05) is 20.2 Å². The summed E-state index contributed by atoms with van der Waals surface area (Å²) in [6, 6.07) is 6.77. The summed E-state index contributed by atoms with van der Waals surface area (Å²) in [5, 5.41) is 0. The van der Waals surface area contributed by atoms with Crippen LogP contribution in [0.25, 0.3) is 0 Å². The van der Waals surface area contributed by atoms with Crippen LogP contribution in [0.5, 0.6) is 0 Å². The van der Waals surface area contributed by atoms with E-state index in [4.69, 9.17) is 4.74 Å². The van der Waals surface area contributed by atoms with Gasteiger partial charge in [-0.2, -0.15) is 0 Å². The summed E-state index contributed by atoms with van der Waals surface area (Å²) in [5.74, 6) is 0.505. The molecule has 0 spiro atoms. The Bertz CT molecular complexity index is 543. The van der Waals surface area contributed by atoms with Crippen LogP contribution in [-0.2, 0) is 16.1 Å². The molecule has 0 N–H and O–H groups in total. The quantitative estimate of drug-likeness (QED) is 0.766. The van der Waals surface area contributed by atoms with E-state index in [2.05, 4.69) is 50.8 Å². The SMILES string of the molecule is COC(=O)CC(C)(C)C1CCN(Cc2ccc(C)c(C)c2)CC1. The minimum absolute atomic E-state index is 0.0274. The van der Waals surface area contributed by atoms with Gasteiger partial charge in [-0.3, -0.25) is 9.69 Å². The van der Waals surface area contributed by atoms with Crippen molar-refractivity contribution < 1.29 is 9.53 Å². The Kier molecular flexibility index (Phi) is 5.85. The van der Waals surface area contributed by atoms with Crippen molar-refractivity contribution in [3.63, 3.8) is 0 Å². The molecular formula is C20H31NO2. The maximum atomic E-state index is 11.6. The standard InChI is InChI=1S/C20H31NO2/c1-15-6-7-17(12-16(15)2)14-21-10-8-18(9-11-21)20(3,4)13-19(22)23-5/h6-7,12,18H,8-11,13-14H2,1-5H3. The molecule has 0 atom stereocenters. The van der Waals surface area contributed by atoms with E-state index in [0.717, 1.165) is 32.5 Å². The lowest BCUT2D eigenvalue weighted by molar-refractivity contribution is -0.144. The zero-order chi connectivity index (χ0) is 17.0. The molecule has 1 aromatic carbocycles. The summed E-state index contributed by atoms with van der Waals surface area (Å²) >= 11 is 0. The monoisotopic (exact) mass is 317 g/mol. The van der Waals surface area contributed by atoms with E-state index in [1.165, 1.54) is 23.8 Å². The topological polar surface area (TPSA) is 29.5 Å². The van der Waals surface area contributed by atoms with Crippen LogP contribution in [-0.4, -0.2) is 31.1 Å². The molecule has 1 aliphatic heterocycles. The average Bonchev–Trinajstić information content (AvgIpc) is 2.51. The van der Waals surface area contributed by atoms with Gasteiger partial charge in [0.25, 0.3) is 0 Å². The number of carbonyl (C=O) groups excluding carboxylic acids is 1. The zero-order valence-corrected chi connectivity index (χ0v) is 15.3. The number of nitrogens with zero attached hydrogens (tertiary/aromatic N) is 1. The minimum atomic E-state index is -0.0902. The molecule has 0 radical (unpaired) electrons. The summed E-state index contributed by atoms with van der Waals surface area (Å²) in [6.07, 6.45) is 2.84. The van der Waals surface area contributed by atoms with Gasteiger partial charge in [0.15, 0.2) is 0 Å². The lowest BCUT2D eigenvalue weighted by Crippen LogP contribution is -2.39. The third-order valence-electron chi connectivity index (χ3n) is 5.50. The molecule has 1 aromatic rings. The van der Waals surface area contributed by atoms with Crippen molar-refractivity contribution >= 4 is 5.97 Å². The van der Waals surface area contributed by atoms with Gasteiger partial charge in [0, 0.05) is 6.54 Å². The molecule has 0 aromatic heterocycles. The Morgan fingerprint density at radius 1 is 1.22 bits per heavy atom. The van der Waals surface area contributed by atoms with Crippen LogP contribution in [0, 0.1) is 25.2 Å². The number of hydrogen-bond acceptors (Lipinski definition) is 3. The maximum absolute atomic E-state index is 11.6. The highest BCUT2D eigenvalue weighted by Gasteiger charge is 2.34. The van der Waals surface area contributed by atoms with Gasteiger partial charge in [-0.25, -0.2) is 0 Å². The predicted octanol–water partition coefficient (Wildman–Crippen LogP) is 4.10. The Labute approximate surface area is 141 Å². The Morgan fingerprint density at radius 2 is 1.87 bits per heavy atom. The van der Waals surface area contributed by atoms with Crippen LogP contribution in [0.3, 0.4) is 0 Å². The number of esters is 1. The minimum Gasteiger partial charge on any atom is -0.469 e. The normalized spacial score (nSPS) is 17.3. The number of aryl methyl sites for hydroxylation is 2. The first-order valence-electron chi connectivity index (χ1n) is 8.67. The van der Waals surface area contributed by atoms with Gasteiger partial charge in [0.05, 0.1) is 13.5 Å². The van der Waals surface area contributed by atoms with Gasteiger partial charge in [0.1, 0.15) is 0 Å². The summed E-state index contributed by atoms with van der Waals surface area (Å²) in [5.41, 5.74) is 4.16. The highest BCUT2D eigenvalue weighted by molar-refractivity contribution is 5.70. The first-order chi connectivity index (χ1) is 10.8. The summed E-state index contributed by atoms with van der Waals surface area (Å²) in [7, 11) is 1.48. The average molecular weight is 317 g/mol. The Balaban J connectivity index is 1.88. The van der Waals surface area contributed by atoms with Crippen LogP contribution < -0.4 is 0 Å². The molecule has 1 fully saturated rings. The van der Waals surface area contributed by atoms with Crippen molar-refractivity contribution in [2.45, 2.75) is 53.5 Å². The third kappa shape index (κ3) is 4.81. The van der Waals surface area contributed by atoms with Gasteiger partial charge in [-0.1, -0.05) is 32.0 Å². The molecular weight excluding hydrogens is 286 g/mol. The fourth-order valence-corrected chi connectivity index (χ4v) is 3.62. The van der Waals surface area contributed by atoms with Crippen molar-refractivity contribution in [1.29, 1.82) is 0 Å². The molecule has 1 aliphatic rings. The Morgan fingerprint density at radius 3 is 2.43 bits per heavy atom. The molecule has 0 aliphatic carbocycles. The fraction of sp³-hybridized carbons (Fsp3) is 0.650. The Hall–Kier alpha value is -1.35. The van der Waals surface area contributed by atoms with Gasteiger partial charge in [-0.05, 0) is 67.8 Å². The number of ether oxygens (including phenoxy) is 1. The van der Waals surface area contributed by atoms with Crippen molar-refractivity contribution in [3.05, 3.63) is 34.9 Å². The molecule has 3 nitrogen and oxygen atoms in total. The van der Waals surface area contributed by atoms with Crippen molar-refractivity contribution in [1.82, 2.24) is 4.90 Å². The number of rotatable bonds is 5. The van der Waals surface area contributed by atoms with E-state index in [9.17, 15) is 4.79 Å². The van der Waals surface area contributed by atoms with Crippen LogP contribution in [0.15, 0.2) is 18.2 Å². The van der Waals surface area contributed by atoms with E-state index in [0.29, 0.717) is 12.3 Å². The molecule has 0 unspecified atom stereocenters. The van der Waals surface area contributed by atoms with E-state index in [1.807, 2.05) is 0 Å². The number of hydrogen-bond donors (Lipinski definition) is 0. The van der Waals surface area contributed by atoms with Crippen LogP contribution in [0.1, 0.15) is 49.8 Å². The van der Waals surface area contributed by atoms with Crippen molar-refractivity contribution in [2.24, 2.45) is 11.3 Å². The van der Waals surface area contributed by atoms with Crippen LogP contribution in [0.4, 0.5) is 0 Å². The molecule has 3 heteroatoms. The number of likely N-dealkylation sites (tertiary alicyclic amines) is 1. The second-order valence-electron chi connectivity index (χ2n) is 7.71. The van der Waals surface area contributed by atoms with Gasteiger partial charge < -0.3 is 4.74 Å². The first kappa shape index (κ1) is 18.0. The lowest BCUT2D eigenvalue weighted by atomic mass is 9.71. The molecule has 0 saturated carbocycles. The smallest absolute Gasteiger partial charge is 0.306 e. The highest BCUT2D eigenvalue weighted by Crippen LogP contribution is 2.38. The largest absolute Gasteiger partial charge is 0.469 e. The maximum Gasteiger partial charge on any atom is 0.306 e. The molecule has 1 heterocycles. The van der Waals surface area contributed by atoms with E-state index in [1.54, 1.807) is 0 Å². The van der Waals surface area contributed by atoms with Crippen molar-refractivity contribution in [3.8, 4) is 0 Å².